The van der Waals surface area contributed by atoms with Gasteiger partial charge in [0.1, 0.15) is 11.5 Å². The molecule has 0 radical (unpaired) electrons. The molecule has 8 nitrogen and oxygen atoms in total. The third-order valence-electron chi connectivity index (χ3n) is 3.87. The highest BCUT2D eigenvalue weighted by molar-refractivity contribution is 7.09. The number of aromatic nitrogens is 7. The summed E-state index contributed by atoms with van der Waals surface area (Å²) in [5.41, 5.74) is 1.70. The van der Waals surface area contributed by atoms with Crippen molar-refractivity contribution in [3.8, 4) is 22.9 Å². The first-order chi connectivity index (χ1) is 12.7. The summed E-state index contributed by atoms with van der Waals surface area (Å²) in [5.74, 6) is 2.69. The molecule has 0 aromatic carbocycles. The van der Waals surface area contributed by atoms with Crippen LogP contribution >= 0.6 is 11.3 Å². The van der Waals surface area contributed by atoms with E-state index in [9.17, 15) is 0 Å². The van der Waals surface area contributed by atoms with Gasteiger partial charge < -0.3 is 4.52 Å². The summed E-state index contributed by atoms with van der Waals surface area (Å²) in [6.07, 6.45) is 4.68. The first kappa shape index (κ1) is 16.5. The van der Waals surface area contributed by atoms with Crippen LogP contribution in [-0.2, 0) is 19.4 Å². The minimum atomic E-state index is 0.568. The quantitative estimate of drug-likeness (QED) is 0.517. The topological polar surface area (TPSA) is 95.4 Å². The van der Waals surface area contributed by atoms with E-state index >= 15 is 0 Å². The van der Waals surface area contributed by atoms with E-state index in [0.717, 1.165) is 28.6 Å². The van der Waals surface area contributed by atoms with Crippen molar-refractivity contribution in [2.45, 2.75) is 33.2 Å². The van der Waals surface area contributed by atoms with Crippen molar-refractivity contribution in [1.29, 1.82) is 0 Å². The Bertz CT molecular complexity index is 1010. The minimum absolute atomic E-state index is 0.568. The summed E-state index contributed by atoms with van der Waals surface area (Å²) in [5, 5.41) is 11.6. The zero-order valence-electron chi connectivity index (χ0n) is 14.5. The average Bonchev–Trinajstić information content (AvgIpc) is 3.39. The van der Waals surface area contributed by atoms with Gasteiger partial charge in [-0.25, -0.2) is 14.6 Å². The first-order valence-electron chi connectivity index (χ1n) is 8.32. The molecular formula is C17H17N7OS. The molecule has 0 N–H and O–H groups in total. The number of thiazole rings is 1. The van der Waals surface area contributed by atoms with E-state index in [2.05, 4.69) is 30.2 Å². The van der Waals surface area contributed by atoms with Crippen molar-refractivity contribution < 1.29 is 4.52 Å². The second-order valence-corrected chi connectivity index (χ2v) is 6.73. The van der Waals surface area contributed by atoms with Crippen LogP contribution < -0.4 is 0 Å². The summed E-state index contributed by atoms with van der Waals surface area (Å²) in [4.78, 5) is 17.5. The molecule has 4 aromatic heterocycles. The molecule has 4 rings (SSSR count). The third-order valence-corrected chi connectivity index (χ3v) is 4.64. The van der Waals surface area contributed by atoms with Crippen molar-refractivity contribution in [2.75, 3.05) is 0 Å². The van der Waals surface area contributed by atoms with Crippen LogP contribution in [0.5, 0.6) is 0 Å². The average molecular weight is 367 g/mol. The van der Waals surface area contributed by atoms with Gasteiger partial charge in [-0.05, 0) is 26.0 Å². The van der Waals surface area contributed by atoms with Crippen molar-refractivity contribution in [2.24, 2.45) is 0 Å². The Labute approximate surface area is 154 Å². The van der Waals surface area contributed by atoms with Crippen LogP contribution in [0.3, 0.4) is 0 Å². The molecule has 0 unspecified atom stereocenters. The van der Waals surface area contributed by atoms with Gasteiger partial charge in [-0.15, -0.1) is 16.4 Å². The highest BCUT2D eigenvalue weighted by atomic mass is 32.1. The summed E-state index contributed by atoms with van der Waals surface area (Å²) in [6, 6.07) is 3.70. The third kappa shape index (κ3) is 3.38. The van der Waals surface area contributed by atoms with Crippen LogP contribution in [0.1, 0.15) is 23.6 Å². The molecule has 0 saturated carbocycles. The maximum absolute atomic E-state index is 5.36. The van der Waals surface area contributed by atoms with Gasteiger partial charge >= 0.3 is 0 Å². The Balaban J connectivity index is 1.49. The second kappa shape index (κ2) is 7.12. The lowest BCUT2D eigenvalue weighted by Gasteiger charge is -1.99. The Morgan fingerprint density at radius 2 is 1.92 bits per heavy atom. The van der Waals surface area contributed by atoms with Gasteiger partial charge in [0.15, 0.2) is 0 Å². The van der Waals surface area contributed by atoms with Crippen LogP contribution in [0, 0.1) is 6.92 Å². The van der Waals surface area contributed by atoms with Gasteiger partial charge in [0.25, 0.3) is 0 Å². The molecule has 0 aliphatic carbocycles. The lowest BCUT2D eigenvalue weighted by atomic mass is 10.2. The minimum Gasteiger partial charge on any atom is -0.339 e. The standard InChI is InChI=1S/C17H17N7OS/c1-3-24-14(20-17(22-24)13-10-26-11(2)19-13)4-5-15-21-16(23-25-15)12-6-8-18-9-7-12/h6-10H,3-5H2,1-2H3. The Hall–Kier alpha value is -2.94. The molecule has 0 aliphatic rings. The fourth-order valence-electron chi connectivity index (χ4n) is 2.58. The number of rotatable bonds is 6. The number of hydrogen-bond acceptors (Lipinski definition) is 8. The molecule has 26 heavy (non-hydrogen) atoms. The predicted octanol–water partition coefficient (Wildman–Crippen LogP) is 2.96. The molecule has 9 heteroatoms. The monoisotopic (exact) mass is 367 g/mol. The molecule has 0 saturated heterocycles. The molecule has 0 aliphatic heterocycles. The Morgan fingerprint density at radius 3 is 2.65 bits per heavy atom. The highest BCUT2D eigenvalue weighted by Gasteiger charge is 2.15. The van der Waals surface area contributed by atoms with Crippen LogP contribution in [0.15, 0.2) is 34.4 Å². The van der Waals surface area contributed by atoms with Crippen molar-refractivity contribution in [3.63, 3.8) is 0 Å². The molecule has 0 spiro atoms. The highest BCUT2D eigenvalue weighted by Crippen LogP contribution is 2.19. The molecule has 0 bridgehead atoms. The SMILES string of the molecule is CCn1nc(-c2csc(C)n2)nc1CCc1nc(-c2ccncc2)no1. The van der Waals surface area contributed by atoms with Gasteiger partial charge in [0, 0.05) is 42.7 Å². The van der Waals surface area contributed by atoms with Crippen LogP contribution in [0.2, 0.25) is 0 Å². The lowest BCUT2D eigenvalue weighted by Crippen LogP contribution is -2.05. The van der Waals surface area contributed by atoms with E-state index in [1.54, 1.807) is 23.7 Å². The van der Waals surface area contributed by atoms with Crippen molar-refractivity contribution in [1.82, 2.24) is 34.9 Å². The van der Waals surface area contributed by atoms with E-state index in [1.165, 1.54) is 0 Å². The molecule has 0 atom stereocenters. The summed E-state index contributed by atoms with van der Waals surface area (Å²) < 4.78 is 7.25. The number of hydrogen-bond donors (Lipinski definition) is 0. The van der Waals surface area contributed by atoms with Crippen LogP contribution in [0.4, 0.5) is 0 Å². The molecule has 4 heterocycles. The van der Waals surface area contributed by atoms with Gasteiger partial charge in [-0.2, -0.15) is 4.98 Å². The van der Waals surface area contributed by atoms with E-state index in [4.69, 9.17) is 4.52 Å². The number of pyridine rings is 1. The molecule has 0 fully saturated rings. The molecular weight excluding hydrogens is 350 g/mol. The summed E-state index contributed by atoms with van der Waals surface area (Å²) in [7, 11) is 0. The Morgan fingerprint density at radius 1 is 1.08 bits per heavy atom. The van der Waals surface area contributed by atoms with Crippen molar-refractivity contribution in [3.05, 3.63) is 46.6 Å². The maximum atomic E-state index is 5.36. The first-order valence-corrected chi connectivity index (χ1v) is 9.20. The zero-order chi connectivity index (χ0) is 17.9. The fraction of sp³-hybridized carbons (Fsp3) is 0.294. The van der Waals surface area contributed by atoms with E-state index in [1.807, 2.05) is 36.0 Å². The van der Waals surface area contributed by atoms with Crippen molar-refractivity contribution >= 4 is 11.3 Å². The van der Waals surface area contributed by atoms with Gasteiger partial charge in [0.2, 0.25) is 17.5 Å². The van der Waals surface area contributed by atoms with Crippen LogP contribution in [0.25, 0.3) is 22.9 Å². The number of nitrogens with zero attached hydrogens (tertiary/aromatic N) is 7. The van der Waals surface area contributed by atoms with Gasteiger partial charge in [-0.1, -0.05) is 5.16 Å². The van der Waals surface area contributed by atoms with E-state index < -0.39 is 0 Å². The molecule has 132 valence electrons. The van der Waals surface area contributed by atoms with E-state index in [0.29, 0.717) is 30.4 Å². The lowest BCUT2D eigenvalue weighted by molar-refractivity contribution is 0.377. The normalized spacial score (nSPS) is 11.2. The van der Waals surface area contributed by atoms with Gasteiger partial charge in [0.05, 0.1) is 5.01 Å². The van der Waals surface area contributed by atoms with E-state index in [-0.39, 0.29) is 0 Å². The Kier molecular flexibility index (Phi) is 4.53. The molecule has 4 aromatic rings. The maximum Gasteiger partial charge on any atom is 0.227 e. The fourth-order valence-corrected chi connectivity index (χ4v) is 3.17. The second-order valence-electron chi connectivity index (χ2n) is 5.67. The largest absolute Gasteiger partial charge is 0.339 e. The predicted molar refractivity (Wildman–Crippen MR) is 96.5 cm³/mol. The van der Waals surface area contributed by atoms with Gasteiger partial charge in [-0.3, -0.25) is 4.98 Å². The number of aryl methyl sites for hydroxylation is 4. The summed E-state index contributed by atoms with van der Waals surface area (Å²) in [6.45, 7) is 4.77. The smallest absolute Gasteiger partial charge is 0.227 e. The summed E-state index contributed by atoms with van der Waals surface area (Å²) >= 11 is 1.59. The zero-order valence-corrected chi connectivity index (χ0v) is 15.3. The van der Waals surface area contributed by atoms with Crippen LogP contribution in [-0.4, -0.2) is 34.9 Å². The molecule has 0 amide bonds.